The largest absolute Gasteiger partial charge is 0.493 e. The third-order valence-corrected chi connectivity index (χ3v) is 3.71. The lowest BCUT2D eigenvalue weighted by Gasteiger charge is -2.17. The van der Waals surface area contributed by atoms with Crippen LogP contribution in [-0.4, -0.2) is 33.6 Å². The molecular weight excluding hydrogens is 276 g/mol. The van der Waals surface area contributed by atoms with E-state index in [0.717, 1.165) is 11.3 Å². The number of amidine groups is 2. The molecule has 1 aromatic carbocycles. The lowest BCUT2D eigenvalue weighted by atomic mass is 10.2. The molecule has 6 nitrogen and oxygen atoms in total. The van der Waals surface area contributed by atoms with Gasteiger partial charge in [-0.2, -0.15) is 15.1 Å². The van der Waals surface area contributed by atoms with Gasteiger partial charge in [0, 0.05) is 0 Å². The minimum absolute atomic E-state index is 0.00601. The summed E-state index contributed by atoms with van der Waals surface area (Å²) < 4.78 is 5.58. The molecule has 0 fully saturated rings. The number of nitrogens with one attached hydrogen (secondary N) is 1. The summed E-state index contributed by atoms with van der Waals surface area (Å²) in [7, 11) is 0. The van der Waals surface area contributed by atoms with Crippen LogP contribution in [0.3, 0.4) is 0 Å². The van der Waals surface area contributed by atoms with Crippen molar-refractivity contribution < 1.29 is 9.53 Å². The highest BCUT2D eigenvalue weighted by molar-refractivity contribution is 8.27. The number of hydrazone groups is 1. The highest BCUT2D eigenvalue weighted by Crippen LogP contribution is 2.32. The fourth-order valence-electron chi connectivity index (χ4n) is 1.93. The van der Waals surface area contributed by atoms with Crippen LogP contribution in [0.25, 0.3) is 0 Å². The molecule has 2 heterocycles. The number of benzene rings is 1. The van der Waals surface area contributed by atoms with Crippen LogP contribution in [0.2, 0.25) is 0 Å². The van der Waals surface area contributed by atoms with Gasteiger partial charge in [0.2, 0.25) is 0 Å². The fourth-order valence-corrected chi connectivity index (χ4v) is 2.89. The van der Waals surface area contributed by atoms with Crippen molar-refractivity contribution in [2.24, 2.45) is 10.1 Å². The maximum absolute atomic E-state index is 11.4. The van der Waals surface area contributed by atoms with Gasteiger partial charge in [-0.1, -0.05) is 12.1 Å². The number of carbonyl (C=O) groups excluding carboxylic acids is 1. The van der Waals surface area contributed by atoms with E-state index in [1.54, 1.807) is 0 Å². The third-order valence-electron chi connectivity index (χ3n) is 2.77. The third kappa shape index (κ3) is 2.20. The number of fused-ring (bicyclic) bond motifs is 1. The lowest BCUT2D eigenvalue weighted by Crippen LogP contribution is -2.33. The lowest BCUT2D eigenvalue weighted by molar-refractivity contribution is -0.117. The number of carbonyl (C=O) groups is 1. The molecule has 3 rings (SSSR count). The summed E-state index contributed by atoms with van der Waals surface area (Å²) in [5, 5.41) is 14.7. The summed E-state index contributed by atoms with van der Waals surface area (Å²) in [6.45, 7) is 2.48. The highest BCUT2D eigenvalue weighted by atomic mass is 32.2. The first-order valence-electron chi connectivity index (χ1n) is 6.16. The van der Waals surface area contributed by atoms with Crippen molar-refractivity contribution >= 4 is 33.7 Å². The van der Waals surface area contributed by atoms with Crippen LogP contribution in [0.15, 0.2) is 34.4 Å². The molecule has 0 aromatic heterocycles. The average Bonchev–Trinajstić information content (AvgIpc) is 2.83. The quantitative estimate of drug-likeness (QED) is 0.923. The first kappa shape index (κ1) is 12.9. The van der Waals surface area contributed by atoms with E-state index >= 15 is 0 Å². The molecule has 1 aromatic rings. The predicted molar refractivity (Wildman–Crippen MR) is 78.4 cm³/mol. The van der Waals surface area contributed by atoms with Crippen molar-refractivity contribution in [2.45, 2.75) is 13.3 Å². The molecule has 1 amide bonds. The maximum atomic E-state index is 11.4. The van der Waals surface area contributed by atoms with Gasteiger partial charge >= 0.3 is 0 Å². The van der Waals surface area contributed by atoms with Crippen LogP contribution in [0.1, 0.15) is 18.9 Å². The summed E-state index contributed by atoms with van der Waals surface area (Å²) in [5.74, 6) is 0.583. The second kappa shape index (κ2) is 5.09. The maximum Gasteiger partial charge on any atom is 0.255 e. The highest BCUT2D eigenvalue weighted by Gasteiger charge is 2.33. The van der Waals surface area contributed by atoms with Gasteiger partial charge in [0.15, 0.2) is 5.17 Å². The molecular formula is C13H12N4O2S. The molecule has 0 spiro atoms. The molecule has 1 N–H and O–H groups in total. The van der Waals surface area contributed by atoms with E-state index < -0.39 is 0 Å². The molecule has 2 aliphatic rings. The molecule has 2 aliphatic heterocycles. The number of para-hydroxylation sites is 1. The van der Waals surface area contributed by atoms with E-state index in [2.05, 4.69) is 10.1 Å². The molecule has 7 heteroatoms. The van der Waals surface area contributed by atoms with E-state index in [0.29, 0.717) is 16.8 Å². The van der Waals surface area contributed by atoms with Crippen LogP contribution in [0, 0.1) is 5.41 Å². The molecule has 0 atom stereocenters. The van der Waals surface area contributed by atoms with Crippen molar-refractivity contribution in [1.82, 2.24) is 5.01 Å². The number of aliphatic imine (C=N–C) groups is 1. The number of hydrogen-bond donors (Lipinski definition) is 1. The molecule has 0 saturated heterocycles. The molecule has 0 aliphatic carbocycles. The van der Waals surface area contributed by atoms with Gasteiger partial charge in [-0.15, -0.1) is 0 Å². The second-order valence-corrected chi connectivity index (χ2v) is 5.12. The molecule has 20 heavy (non-hydrogen) atoms. The molecule has 0 bridgehead atoms. The van der Waals surface area contributed by atoms with Crippen molar-refractivity contribution in [3.8, 4) is 5.75 Å². The Labute approximate surface area is 120 Å². The fraction of sp³-hybridized carbons (Fsp3) is 0.231. The smallest absolute Gasteiger partial charge is 0.255 e. The van der Waals surface area contributed by atoms with E-state index in [-0.39, 0.29) is 18.2 Å². The normalized spacial score (nSPS) is 17.8. The first-order chi connectivity index (χ1) is 9.69. The zero-order valence-corrected chi connectivity index (χ0v) is 11.6. The Morgan fingerprint density at radius 3 is 3.05 bits per heavy atom. The van der Waals surface area contributed by atoms with E-state index in [1.807, 2.05) is 31.2 Å². The number of thioether (sulfide) groups is 1. The summed E-state index contributed by atoms with van der Waals surface area (Å²) >= 11 is 1.28. The Kier molecular flexibility index (Phi) is 3.27. The van der Waals surface area contributed by atoms with Crippen LogP contribution < -0.4 is 4.74 Å². The van der Waals surface area contributed by atoms with Crippen molar-refractivity contribution in [2.75, 3.05) is 6.61 Å². The number of amides is 1. The average molecular weight is 288 g/mol. The van der Waals surface area contributed by atoms with Crippen LogP contribution in [0.5, 0.6) is 5.75 Å². The van der Waals surface area contributed by atoms with Crippen molar-refractivity contribution in [1.29, 1.82) is 5.41 Å². The number of hydrogen-bond acceptors (Lipinski definition) is 5. The van der Waals surface area contributed by atoms with Gasteiger partial charge in [-0.25, -0.2) is 0 Å². The zero-order valence-electron chi connectivity index (χ0n) is 10.8. The SMILES string of the molecule is CCOc1ccccc1C1=NN2C(=N)CC(=O)N=C2S1. The first-order valence-corrected chi connectivity index (χ1v) is 6.98. The van der Waals surface area contributed by atoms with Crippen molar-refractivity contribution in [3.05, 3.63) is 29.8 Å². The van der Waals surface area contributed by atoms with Gasteiger partial charge in [0.25, 0.3) is 5.91 Å². The van der Waals surface area contributed by atoms with Crippen LogP contribution in [-0.2, 0) is 4.79 Å². The predicted octanol–water partition coefficient (Wildman–Crippen LogP) is 2.06. The van der Waals surface area contributed by atoms with Gasteiger partial charge in [0.05, 0.1) is 18.6 Å². The molecule has 0 unspecified atom stereocenters. The molecule has 0 saturated carbocycles. The Hall–Kier alpha value is -2.15. The minimum atomic E-state index is -0.303. The number of nitrogens with zero attached hydrogens (tertiary/aromatic N) is 3. The van der Waals surface area contributed by atoms with Gasteiger partial charge in [-0.05, 0) is 30.8 Å². The Balaban J connectivity index is 1.97. The minimum Gasteiger partial charge on any atom is -0.493 e. The Bertz CT molecular complexity index is 654. The topological polar surface area (TPSA) is 78.1 Å². The molecule has 102 valence electrons. The Morgan fingerprint density at radius 1 is 1.45 bits per heavy atom. The van der Waals surface area contributed by atoms with E-state index in [4.69, 9.17) is 10.1 Å². The van der Waals surface area contributed by atoms with Gasteiger partial charge in [-0.3, -0.25) is 10.2 Å². The summed E-state index contributed by atoms with van der Waals surface area (Å²) in [4.78, 5) is 15.3. The van der Waals surface area contributed by atoms with Gasteiger partial charge in [0.1, 0.15) is 16.6 Å². The van der Waals surface area contributed by atoms with E-state index in [1.165, 1.54) is 16.8 Å². The zero-order chi connectivity index (χ0) is 14.1. The van der Waals surface area contributed by atoms with Crippen LogP contribution >= 0.6 is 11.8 Å². The number of rotatable bonds is 3. The molecule has 0 radical (unpaired) electrons. The second-order valence-electron chi connectivity index (χ2n) is 4.16. The van der Waals surface area contributed by atoms with Crippen LogP contribution in [0.4, 0.5) is 0 Å². The summed E-state index contributed by atoms with van der Waals surface area (Å²) in [6.07, 6.45) is -0.00601. The monoisotopic (exact) mass is 288 g/mol. The van der Waals surface area contributed by atoms with E-state index in [9.17, 15) is 4.79 Å². The van der Waals surface area contributed by atoms with Gasteiger partial charge < -0.3 is 4.74 Å². The summed E-state index contributed by atoms with van der Waals surface area (Å²) in [5.41, 5.74) is 0.844. The standard InChI is InChI=1S/C13H12N4O2S/c1-2-19-9-6-4-3-5-8(9)12-16-17-10(14)7-11(18)15-13(17)20-12/h3-6,14H,2,7H2,1H3. The number of ether oxygens (including phenoxy) is 1. The van der Waals surface area contributed by atoms with Crippen molar-refractivity contribution in [3.63, 3.8) is 0 Å². The summed E-state index contributed by atoms with van der Waals surface area (Å²) in [6, 6.07) is 7.57. The Morgan fingerprint density at radius 2 is 2.25 bits per heavy atom.